The second-order valence-electron chi connectivity index (χ2n) is 4.89. The molecule has 22 heavy (non-hydrogen) atoms. The largest absolute Gasteiger partial charge is 0.509 e. The lowest BCUT2D eigenvalue weighted by atomic mass is 9.67. The Hall–Kier alpha value is -2.86. The Bertz CT molecular complexity index is 763. The fourth-order valence-corrected chi connectivity index (χ4v) is 2.05. The summed E-state index contributed by atoms with van der Waals surface area (Å²) in [5, 5.41) is 9.74. The van der Waals surface area contributed by atoms with Crippen molar-refractivity contribution < 1.29 is 9.84 Å². The van der Waals surface area contributed by atoms with E-state index in [-0.39, 0.29) is 5.76 Å². The molecule has 0 spiro atoms. The van der Waals surface area contributed by atoms with Crippen molar-refractivity contribution in [1.82, 2.24) is 0 Å². The highest BCUT2D eigenvalue weighted by Gasteiger charge is 2.11. The average Bonchev–Trinajstić information content (AvgIpc) is 2.57. The molecule has 2 aromatic carbocycles. The highest BCUT2D eigenvalue weighted by molar-refractivity contribution is 6.60. The molecule has 1 heterocycles. The van der Waals surface area contributed by atoms with E-state index >= 15 is 0 Å². The summed E-state index contributed by atoms with van der Waals surface area (Å²) in [6.07, 6.45) is 3.87. The lowest BCUT2D eigenvalue weighted by molar-refractivity contribution is 0.301. The summed E-state index contributed by atoms with van der Waals surface area (Å²) in [5.74, 6) is 6.50. The van der Waals surface area contributed by atoms with Gasteiger partial charge in [0.1, 0.15) is 5.76 Å². The second-order valence-corrected chi connectivity index (χ2v) is 4.89. The maximum atomic E-state index is 9.74. The molecule has 2 aromatic rings. The van der Waals surface area contributed by atoms with Crippen molar-refractivity contribution in [2.75, 3.05) is 0 Å². The monoisotopic (exact) mass is 285 g/mol. The van der Waals surface area contributed by atoms with Gasteiger partial charge in [-0.05, 0) is 30.3 Å². The first-order chi connectivity index (χ1) is 10.8. The molecule has 0 fully saturated rings. The van der Waals surface area contributed by atoms with E-state index in [9.17, 15) is 5.11 Å². The maximum Gasteiger partial charge on any atom is 0.245 e. The van der Waals surface area contributed by atoms with Crippen LogP contribution in [0.5, 0.6) is 0 Å². The van der Waals surface area contributed by atoms with E-state index in [1.54, 1.807) is 12.3 Å². The Morgan fingerprint density at radius 2 is 1.59 bits per heavy atom. The van der Waals surface area contributed by atoms with Gasteiger partial charge in [-0.3, -0.25) is 0 Å². The van der Waals surface area contributed by atoms with Gasteiger partial charge >= 0.3 is 0 Å². The summed E-state index contributed by atoms with van der Waals surface area (Å²) in [5.41, 5.74) is 3.40. The van der Waals surface area contributed by atoms with Crippen molar-refractivity contribution >= 4 is 12.7 Å². The van der Waals surface area contributed by atoms with Gasteiger partial charge in [0, 0.05) is 17.5 Å². The van der Waals surface area contributed by atoms with Gasteiger partial charge in [-0.2, -0.15) is 0 Å². The zero-order valence-electron chi connectivity index (χ0n) is 12.0. The zero-order valence-corrected chi connectivity index (χ0v) is 12.0. The number of ether oxygens (including phenoxy) is 1. The number of benzene rings is 2. The number of rotatable bonds is 2. The van der Waals surface area contributed by atoms with Crippen LogP contribution in [-0.2, 0) is 4.74 Å². The molecular weight excluding hydrogens is 271 g/mol. The maximum absolute atomic E-state index is 9.74. The van der Waals surface area contributed by atoms with Crippen LogP contribution in [0.25, 0.3) is 0 Å². The first-order valence-electron chi connectivity index (χ1n) is 7.07. The Morgan fingerprint density at radius 3 is 2.27 bits per heavy atom. The van der Waals surface area contributed by atoms with E-state index in [0.717, 1.165) is 16.6 Å². The third kappa shape index (κ3) is 3.62. The highest BCUT2D eigenvalue weighted by Crippen LogP contribution is 2.13. The summed E-state index contributed by atoms with van der Waals surface area (Å²) in [6.45, 7) is 0. The molecule has 0 saturated carbocycles. The van der Waals surface area contributed by atoms with E-state index in [1.165, 1.54) is 0 Å². The zero-order chi connectivity index (χ0) is 15.2. The molecule has 1 radical (unpaired) electrons. The first kappa shape index (κ1) is 14.1. The Morgan fingerprint density at radius 1 is 0.909 bits per heavy atom. The van der Waals surface area contributed by atoms with Crippen molar-refractivity contribution in [2.24, 2.45) is 0 Å². The SMILES string of the molecule is OC1=C([B]c2ccc(C#Cc3ccccc3)cc2)OC=CC1. The van der Waals surface area contributed by atoms with Crippen LogP contribution in [0.3, 0.4) is 0 Å². The van der Waals surface area contributed by atoms with Crippen LogP contribution in [0.4, 0.5) is 0 Å². The lowest BCUT2D eigenvalue weighted by Crippen LogP contribution is -2.19. The topological polar surface area (TPSA) is 29.5 Å². The number of hydrogen-bond donors (Lipinski definition) is 1. The van der Waals surface area contributed by atoms with E-state index in [0.29, 0.717) is 12.1 Å². The predicted octanol–water partition coefficient (Wildman–Crippen LogP) is 3.08. The van der Waals surface area contributed by atoms with Crippen LogP contribution in [0.2, 0.25) is 0 Å². The van der Waals surface area contributed by atoms with Crippen LogP contribution in [0.15, 0.2) is 78.4 Å². The molecule has 0 atom stereocenters. The van der Waals surface area contributed by atoms with Crippen LogP contribution >= 0.6 is 0 Å². The van der Waals surface area contributed by atoms with Gasteiger partial charge in [-0.1, -0.05) is 47.6 Å². The minimum Gasteiger partial charge on any atom is -0.509 e. The number of aliphatic hydroxyl groups is 1. The van der Waals surface area contributed by atoms with E-state index in [2.05, 4.69) is 11.8 Å². The summed E-state index contributed by atoms with van der Waals surface area (Å²) in [7, 11) is 1.81. The third-order valence-electron chi connectivity index (χ3n) is 3.22. The van der Waals surface area contributed by atoms with Crippen molar-refractivity contribution in [2.45, 2.75) is 6.42 Å². The van der Waals surface area contributed by atoms with Gasteiger partial charge < -0.3 is 9.84 Å². The molecule has 1 aliphatic heterocycles. The normalized spacial score (nSPS) is 13.1. The molecule has 0 aromatic heterocycles. The van der Waals surface area contributed by atoms with Gasteiger partial charge in [0.05, 0.1) is 11.9 Å². The van der Waals surface area contributed by atoms with E-state index < -0.39 is 0 Å². The van der Waals surface area contributed by atoms with Crippen molar-refractivity contribution in [3.05, 3.63) is 89.5 Å². The molecule has 1 N–H and O–H groups in total. The molecule has 0 amide bonds. The van der Waals surface area contributed by atoms with Gasteiger partial charge in [0.2, 0.25) is 7.28 Å². The van der Waals surface area contributed by atoms with Crippen LogP contribution in [0.1, 0.15) is 17.5 Å². The molecule has 0 saturated heterocycles. The quantitative estimate of drug-likeness (QED) is 0.678. The predicted molar refractivity (Wildman–Crippen MR) is 88.7 cm³/mol. The van der Waals surface area contributed by atoms with Gasteiger partial charge in [-0.25, -0.2) is 0 Å². The molecule has 3 heteroatoms. The van der Waals surface area contributed by atoms with Gasteiger partial charge in [0.15, 0.2) is 0 Å². The summed E-state index contributed by atoms with van der Waals surface area (Å²) in [4.78, 5) is 0. The van der Waals surface area contributed by atoms with E-state index in [1.807, 2.05) is 61.9 Å². The van der Waals surface area contributed by atoms with E-state index in [4.69, 9.17) is 4.74 Å². The molecule has 0 unspecified atom stereocenters. The standard InChI is InChI=1S/C19H14BO2/c21-18-7-4-14-22-19(18)20-17-12-10-16(11-13-17)9-8-15-5-2-1-3-6-15/h1-6,10-14,21H,7H2. The lowest BCUT2D eigenvalue weighted by Gasteiger charge is -2.12. The molecule has 105 valence electrons. The first-order valence-corrected chi connectivity index (χ1v) is 7.07. The van der Waals surface area contributed by atoms with Gasteiger partial charge in [-0.15, -0.1) is 0 Å². The average molecular weight is 285 g/mol. The Labute approximate surface area is 131 Å². The van der Waals surface area contributed by atoms with Crippen molar-refractivity contribution in [1.29, 1.82) is 0 Å². The number of allylic oxidation sites excluding steroid dienone is 1. The molecule has 0 aliphatic carbocycles. The molecule has 3 rings (SSSR count). The highest BCUT2D eigenvalue weighted by atomic mass is 16.5. The second kappa shape index (κ2) is 6.73. The summed E-state index contributed by atoms with van der Waals surface area (Å²) >= 11 is 0. The van der Waals surface area contributed by atoms with Gasteiger partial charge in [0.25, 0.3) is 0 Å². The third-order valence-corrected chi connectivity index (χ3v) is 3.22. The van der Waals surface area contributed by atoms with Crippen LogP contribution in [-0.4, -0.2) is 12.4 Å². The van der Waals surface area contributed by atoms with Crippen molar-refractivity contribution in [3.8, 4) is 11.8 Å². The molecule has 1 aliphatic rings. The fraction of sp³-hybridized carbons (Fsp3) is 0.0526. The fourth-order valence-electron chi connectivity index (χ4n) is 2.05. The smallest absolute Gasteiger partial charge is 0.245 e. The number of aliphatic hydroxyl groups excluding tert-OH is 1. The molecule has 0 bridgehead atoms. The molecular formula is C19H14BO2. The Kier molecular flexibility index (Phi) is 4.31. The van der Waals surface area contributed by atoms with Crippen LogP contribution < -0.4 is 5.46 Å². The minimum atomic E-state index is 0.246. The Balaban J connectivity index is 1.70. The van der Waals surface area contributed by atoms with Crippen LogP contribution in [0, 0.1) is 11.8 Å². The molecule has 2 nitrogen and oxygen atoms in total. The van der Waals surface area contributed by atoms with Crippen molar-refractivity contribution in [3.63, 3.8) is 0 Å². The summed E-state index contributed by atoms with van der Waals surface area (Å²) < 4.78 is 5.30. The number of hydrogen-bond acceptors (Lipinski definition) is 2. The minimum absolute atomic E-state index is 0.246. The summed E-state index contributed by atoms with van der Waals surface area (Å²) in [6, 6.07) is 17.7.